The van der Waals surface area contributed by atoms with E-state index in [1.165, 1.54) is 0 Å². The van der Waals surface area contributed by atoms with Crippen LogP contribution in [0.3, 0.4) is 0 Å². The summed E-state index contributed by atoms with van der Waals surface area (Å²) in [6, 6.07) is 6.86. The standard InChI is InChI=1S/C16H12F4/c1-11-3-6-13(7-4-11)8-10-14-9-5-12(2)15(17,18)16(14,19)20/h3-7,9H,1-2H3. The Morgan fingerprint density at radius 3 is 2.00 bits per heavy atom. The summed E-state index contributed by atoms with van der Waals surface area (Å²) in [6.07, 6.45) is 1.94. The van der Waals surface area contributed by atoms with E-state index < -0.39 is 23.0 Å². The van der Waals surface area contributed by atoms with E-state index in [-0.39, 0.29) is 0 Å². The molecule has 0 aromatic heterocycles. The Hall–Kier alpha value is -2.02. The lowest BCUT2D eigenvalue weighted by molar-refractivity contribution is -0.160. The quantitative estimate of drug-likeness (QED) is 0.485. The Labute approximate surface area is 114 Å². The molecule has 0 saturated heterocycles. The zero-order valence-corrected chi connectivity index (χ0v) is 11.0. The SMILES string of the molecule is CC1=CC=C(C#Cc2ccc(C)cc2)C(F)(F)C1(F)F. The summed E-state index contributed by atoms with van der Waals surface area (Å²) in [5.41, 5.74) is -0.0261. The summed E-state index contributed by atoms with van der Waals surface area (Å²) < 4.78 is 54.4. The van der Waals surface area contributed by atoms with E-state index in [9.17, 15) is 17.6 Å². The molecule has 0 unspecified atom stereocenters. The van der Waals surface area contributed by atoms with Crippen LogP contribution in [0.1, 0.15) is 18.1 Å². The molecule has 0 fully saturated rings. The molecule has 0 bridgehead atoms. The number of allylic oxidation sites excluding steroid dienone is 4. The summed E-state index contributed by atoms with van der Waals surface area (Å²) >= 11 is 0. The lowest BCUT2D eigenvalue weighted by Crippen LogP contribution is -2.44. The molecule has 20 heavy (non-hydrogen) atoms. The van der Waals surface area contributed by atoms with Gasteiger partial charge in [-0.3, -0.25) is 0 Å². The monoisotopic (exact) mass is 280 g/mol. The van der Waals surface area contributed by atoms with Gasteiger partial charge < -0.3 is 0 Å². The van der Waals surface area contributed by atoms with E-state index in [2.05, 4.69) is 11.8 Å². The van der Waals surface area contributed by atoms with Gasteiger partial charge in [0, 0.05) is 11.1 Å². The molecular weight excluding hydrogens is 268 g/mol. The predicted octanol–water partition coefficient (Wildman–Crippen LogP) is 4.50. The molecule has 104 valence electrons. The van der Waals surface area contributed by atoms with Crippen LogP contribution in [0.5, 0.6) is 0 Å². The zero-order valence-electron chi connectivity index (χ0n) is 11.0. The fourth-order valence-electron chi connectivity index (χ4n) is 1.73. The average Bonchev–Trinajstić information content (AvgIpc) is 2.38. The van der Waals surface area contributed by atoms with Gasteiger partial charge in [0.05, 0.1) is 5.57 Å². The molecule has 0 amide bonds. The van der Waals surface area contributed by atoms with Crippen LogP contribution >= 0.6 is 0 Å². The molecule has 0 spiro atoms. The van der Waals surface area contributed by atoms with Gasteiger partial charge in [-0.05, 0) is 32.1 Å². The summed E-state index contributed by atoms with van der Waals surface area (Å²) in [4.78, 5) is 0. The molecule has 0 heterocycles. The van der Waals surface area contributed by atoms with Crippen molar-refractivity contribution in [1.82, 2.24) is 0 Å². The van der Waals surface area contributed by atoms with E-state index in [1.807, 2.05) is 6.92 Å². The molecular formula is C16H12F4. The Morgan fingerprint density at radius 2 is 1.40 bits per heavy atom. The highest BCUT2D eigenvalue weighted by Crippen LogP contribution is 2.46. The van der Waals surface area contributed by atoms with Gasteiger partial charge in [0.15, 0.2) is 0 Å². The van der Waals surface area contributed by atoms with Crippen molar-refractivity contribution < 1.29 is 17.6 Å². The topological polar surface area (TPSA) is 0 Å². The molecule has 1 aliphatic carbocycles. The molecule has 0 nitrogen and oxygen atoms in total. The third kappa shape index (κ3) is 2.36. The first kappa shape index (κ1) is 14.4. The van der Waals surface area contributed by atoms with Crippen molar-refractivity contribution in [2.45, 2.75) is 25.7 Å². The Bertz CT molecular complexity index is 637. The van der Waals surface area contributed by atoms with Crippen LogP contribution in [0.25, 0.3) is 0 Å². The van der Waals surface area contributed by atoms with E-state index in [4.69, 9.17) is 0 Å². The molecule has 1 aliphatic rings. The van der Waals surface area contributed by atoms with Crippen LogP contribution in [0.15, 0.2) is 47.6 Å². The molecule has 2 rings (SSSR count). The van der Waals surface area contributed by atoms with Crippen LogP contribution in [0.2, 0.25) is 0 Å². The van der Waals surface area contributed by atoms with Crippen LogP contribution in [-0.2, 0) is 0 Å². The fourth-order valence-corrected chi connectivity index (χ4v) is 1.73. The smallest absolute Gasteiger partial charge is 0.194 e. The van der Waals surface area contributed by atoms with Crippen LogP contribution in [-0.4, -0.2) is 11.8 Å². The van der Waals surface area contributed by atoms with Crippen molar-refractivity contribution >= 4 is 0 Å². The number of aryl methyl sites for hydroxylation is 1. The van der Waals surface area contributed by atoms with Crippen molar-refractivity contribution in [2.75, 3.05) is 0 Å². The van der Waals surface area contributed by atoms with Crippen molar-refractivity contribution in [3.05, 3.63) is 58.7 Å². The first-order valence-electron chi connectivity index (χ1n) is 5.99. The van der Waals surface area contributed by atoms with E-state index in [0.717, 1.165) is 24.6 Å². The van der Waals surface area contributed by atoms with Gasteiger partial charge in [-0.2, -0.15) is 17.6 Å². The molecule has 0 N–H and O–H groups in total. The molecule has 0 saturated carbocycles. The van der Waals surface area contributed by atoms with E-state index >= 15 is 0 Å². The number of rotatable bonds is 0. The van der Waals surface area contributed by atoms with Crippen molar-refractivity contribution in [2.24, 2.45) is 0 Å². The fraction of sp³-hybridized carbons (Fsp3) is 0.250. The first-order valence-corrected chi connectivity index (χ1v) is 5.99. The summed E-state index contributed by atoms with van der Waals surface area (Å²) in [7, 11) is 0. The van der Waals surface area contributed by atoms with E-state index in [1.54, 1.807) is 24.3 Å². The molecule has 1 aromatic rings. The number of hydrogen-bond donors (Lipinski definition) is 0. The number of alkyl halides is 4. The maximum Gasteiger partial charge on any atom is 0.346 e. The molecule has 0 radical (unpaired) electrons. The first-order chi connectivity index (χ1) is 9.25. The van der Waals surface area contributed by atoms with Crippen LogP contribution in [0, 0.1) is 18.8 Å². The zero-order chi connectivity index (χ0) is 15.0. The predicted molar refractivity (Wildman–Crippen MR) is 69.8 cm³/mol. The maximum absolute atomic E-state index is 13.7. The van der Waals surface area contributed by atoms with Gasteiger partial charge in [-0.15, -0.1) is 0 Å². The van der Waals surface area contributed by atoms with Gasteiger partial charge >= 0.3 is 11.8 Å². The number of benzene rings is 1. The summed E-state index contributed by atoms with van der Waals surface area (Å²) in [5, 5.41) is 0. The van der Waals surface area contributed by atoms with Crippen molar-refractivity contribution in [1.29, 1.82) is 0 Å². The second-order valence-corrected chi connectivity index (χ2v) is 4.69. The molecule has 1 aromatic carbocycles. The average molecular weight is 280 g/mol. The van der Waals surface area contributed by atoms with Crippen LogP contribution < -0.4 is 0 Å². The molecule has 4 heteroatoms. The third-order valence-corrected chi connectivity index (χ3v) is 3.12. The van der Waals surface area contributed by atoms with Gasteiger partial charge in [0.2, 0.25) is 0 Å². The van der Waals surface area contributed by atoms with Crippen molar-refractivity contribution in [3.63, 3.8) is 0 Å². The van der Waals surface area contributed by atoms with Gasteiger partial charge in [-0.25, -0.2) is 0 Å². The highest BCUT2D eigenvalue weighted by Gasteiger charge is 2.60. The van der Waals surface area contributed by atoms with E-state index in [0.29, 0.717) is 5.56 Å². The van der Waals surface area contributed by atoms with Gasteiger partial charge in [0.1, 0.15) is 0 Å². The Balaban J connectivity index is 2.37. The minimum Gasteiger partial charge on any atom is -0.194 e. The lowest BCUT2D eigenvalue weighted by Gasteiger charge is -2.29. The number of hydrogen-bond acceptors (Lipinski definition) is 0. The largest absolute Gasteiger partial charge is 0.346 e. The van der Waals surface area contributed by atoms with Gasteiger partial charge in [-0.1, -0.05) is 35.6 Å². The second kappa shape index (κ2) is 4.82. The van der Waals surface area contributed by atoms with Gasteiger partial charge in [0.25, 0.3) is 0 Å². The third-order valence-electron chi connectivity index (χ3n) is 3.12. The normalized spacial score (nSPS) is 19.5. The number of halogens is 4. The second-order valence-electron chi connectivity index (χ2n) is 4.69. The summed E-state index contributed by atoms with van der Waals surface area (Å²) in [6.45, 7) is 2.86. The Morgan fingerprint density at radius 1 is 0.800 bits per heavy atom. The highest BCUT2D eigenvalue weighted by atomic mass is 19.3. The minimum atomic E-state index is -4.27. The lowest BCUT2D eigenvalue weighted by atomic mass is 9.91. The molecule has 0 aliphatic heterocycles. The maximum atomic E-state index is 13.7. The highest BCUT2D eigenvalue weighted by molar-refractivity contribution is 5.50. The minimum absolute atomic E-state index is 0.502. The van der Waals surface area contributed by atoms with Crippen LogP contribution in [0.4, 0.5) is 17.6 Å². The summed E-state index contributed by atoms with van der Waals surface area (Å²) in [5.74, 6) is -3.82. The Kier molecular flexibility index (Phi) is 3.47. The molecule has 0 atom stereocenters. The van der Waals surface area contributed by atoms with Crippen molar-refractivity contribution in [3.8, 4) is 11.8 Å².